The first-order valence-corrected chi connectivity index (χ1v) is 6.07. The Morgan fingerprint density at radius 1 is 1.47 bits per heavy atom. The number of nitrogens with zero attached hydrogens (tertiary/aromatic N) is 3. The van der Waals surface area contributed by atoms with Gasteiger partial charge in [0, 0.05) is 17.0 Å². The van der Waals surface area contributed by atoms with E-state index in [1.165, 1.54) is 4.88 Å². The molecule has 0 N–H and O–H groups in total. The van der Waals surface area contributed by atoms with Gasteiger partial charge in [-0.2, -0.15) is 10.2 Å². The molecule has 0 saturated carbocycles. The maximum atomic E-state index is 8.77. The van der Waals surface area contributed by atoms with Crippen molar-refractivity contribution in [3.05, 3.63) is 39.8 Å². The van der Waals surface area contributed by atoms with Crippen LogP contribution < -0.4 is 4.74 Å². The lowest BCUT2D eigenvalue weighted by Crippen LogP contribution is -2.05. The van der Waals surface area contributed by atoms with Gasteiger partial charge in [-0.1, -0.05) is 6.07 Å². The van der Waals surface area contributed by atoms with Gasteiger partial charge < -0.3 is 4.74 Å². The number of thiophene rings is 1. The maximum Gasteiger partial charge on any atom is 0.317 e. The molecule has 0 radical (unpaired) electrons. The van der Waals surface area contributed by atoms with E-state index < -0.39 is 0 Å². The maximum absolute atomic E-state index is 8.77. The second-order valence-corrected chi connectivity index (χ2v) is 4.50. The van der Waals surface area contributed by atoms with E-state index in [1.807, 2.05) is 24.4 Å². The van der Waals surface area contributed by atoms with Crippen molar-refractivity contribution in [3.8, 4) is 12.1 Å². The highest BCUT2D eigenvalue weighted by molar-refractivity contribution is 7.09. The van der Waals surface area contributed by atoms with Crippen molar-refractivity contribution >= 4 is 11.3 Å². The van der Waals surface area contributed by atoms with Crippen LogP contribution in [0.2, 0.25) is 0 Å². The molecule has 0 aliphatic carbocycles. The summed E-state index contributed by atoms with van der Waals surface area (Å²) in [7, 11) is 0. The topological polar surface area (TPSA) is 58.8 Å². The summed E-state index contributed by atoms with van der Waals surface area (Å²) in [4.78, 5) is 9.36. The molecule has 0 unspecified atom stereocenters. The van der Waals surface area contributed by atoms with Gasteiger partial charge in [0.25, 0.3) is 0 Å². The Morgan fingerprint density at radius 3 is 3.06 bits per heavy atom. The van der Waals surface area contributed by atoms with Crippen molar-refractivity contribution in [3.63, 3.8) is 0 Å². The van der Waals surface area contributed by atoms with Crippen LogP contribution in [0.25, 0.3) is 0 Å². The second-order valence-electron chi connectivity index (χ2n) is 3.47. The SMILES string of the molecule is Cc1cc(C#N)nc(OCCc2cccs2)n1. The predicted molar refractivity (Wildman–Crippen MR) is 65.0 cm³/mol. The van der Waals surface area contributed by atoms with Gasteiger partial charge in [-0.3, -0.25) is 0 Å². The first-order valence-electron chi connectivity index (χ1n) is 5.19. The molecule has 4 nitrogen and oxygen atoms in total. The van der Waals surface area contributed by atoms with Crippen molar-refractivity contribution in [2.45, 2.75) is 13.3 Å². The van der Waals surface area contributed by atoms with Crippen molar-refractivity contribution in [2.24, 2.45) is 0 Å². The molecule has 17 heavy (non-hydrogen) atoms. The smallest absolute Gasteiger partial charge is 0.317 e. The molecule has 0 aliphatic rings. The number of hydrogen-bond donors (Lipinski definition) is 0. The molecular formula is C12H11N3OS. The normalized spacial score (nSPS) is 9.88. The van der Waals surface area contributed by atoms with Crippen LogP contribution >= 0.6 is 11.3 Å². The highest BCUT2D eigenvalue weighted by Crippen LogP contribution is 2.10. The minimum Gasteiger partial charge on any atom is -0.463 e. The van der Waals surface area contributed by atoms with Crippen LogP contribution in [-0.2, 0) is 6.42 Å². The third-order valence-electron chi connectivity index (χ3n) is 2.11. The quantitative estimate of drug-likeness (QED) is 0.829. The molecule has 2 rings (SSSR count). The molecule has 0 spiro atoms. The highest BCUT2D eigenvalue weighted by Gasteiger charge is 2.03. The lowest BCUT2D eigenvalue weighted by Gasteiger charge is -2.04. The Bertz CT molecular complexity index is 531. The molecule has 0 aromatic carbocycles. The Hall–Kier alpha value is -1.93. The summed E-state index contributed by atoms with van der Waals surface area (Å²) >= 11 is 1.70. The van der Waals surface area contributed by atoms with Gasteiger partial charge in [0.15, 0.2) is 0 Å². The fourth-order valence-corrected chi connectivity index (χ4v) is 2.05. The molecule has 2 aromatic heterocycles. The van der Waals surface area contributed by atoms with Gasteiger partial charge in [-0.15, -0.1) is 11.3 Å². The van der Waals surface area contributed by atoms with Gasteiger partial charge in [-0.25, -0.2) is 4.98 Å². The Kier molecular flexibility index (Phi) is 3.68. The summed E-state index contributed by atoms with van der Waals surface area (Å²) in [5.74, 6) is 0. The average Bonchev–Trinajstić information content (AvgIpc) is 2.81. The zero-order chi connectivity index (χ0) is 12.1. The minimum absolute atomic E-state index is 0.276. The number of rotatable bonds is 4. The third-order valence-corrected chi connectivity index (χ3v) is 3.04. The van der Waals surface area contributed by atoms with Crippen LogP contribution in [0.5, 0.6) is 6.01 Å². The number of nitriles is 1. The first kappa shape index (κ1) is 11.6. The van der Waals surface area contributed by atoms with E-state index in [0.29, 0.717) is 12.3 Å². The molecule has 0 amide bonds. The minimum atomic E-state index is 0.276. The summed E-state index contributed by atoms with van der Waals surface area (Å²) in [6.07, 6.45) is 0.830. The molecule has 0 bridgehead atoms. The van der Waals surface area contributed by atoms with Gasteiger partial charge in [0.1, 0.15) is 11.8 Å². The average molecular weight is 245 g/mol. The number of aromatic nitrogens is 2. The molecular weight excluding hydrogens is 234 g/mol. The first-order chi connectivity index (χ1) is 8.28. The highest BCUT2D eigenvalue weighted by atomic mass is 32.1. The van der Waals surface area contributed by atoms with Gasteiger partial charge in [0.05, 0.1) is 6.61 Å². The molecule has 5 heteroatoms. The second kappa shape index (κ2) is 5.41. The predicted octanol–water partition coefficient (Wildman–Crippen LogP) is 2.34. The standard InChI is InChI=1S/C12H11N3OS/c1-9-7-10(8-13)15-12(14-9)16-5-4-11-3-2-6-17-11/h2-3,6-7H,4-5H2,1H3. The van der Waals surface area contributed by atoms with Crippen molar-refractivity contribution in [1.82, 2.24) is 9.97 Å². The van der Waals surface area contributed by atoms with E-state index in [2.05, 4.69) is 16.0 Å². The Morgan fingerprint density at radius 2 is 2.35 bits per heavy atom. The molecule has 2 heterocycles. The molecule has 86 valence electrons. The molecule has 2 aromatic rings. The molecule has 0 fully saturated rings. The van der Waals surface area contributed by atoms with E-state index in [0.717, 1.165) is 12.1 Å². The fourth-order valence-electron chi connectivity index (χ4n) is 1.36. The molecule has 0 aliphatic heterocycles. The Balaban J connectivity index is 1.95. The monoisotopic (exact) mass is 245 g/mol. The van der Waals surface area contributed by atoms with E-state index in [-0.39, 0.29) is 6.01 Å². The summed E-state index contributed by atoms with van der Waals surface area (Å²) in [5.41, 5.74) is 1.08. The van der Waals surface area contributed by atoms with Crippen LogP contribution in [0.1, 0.15) is 16.3 Å². The third kappa shape index (κ3) is 3.26. The lowest BCUT2D eigenvalue weighted by molar-refractivity contribution is 0.296. The van der Waals surface area contributed by atoms with Gasteiger partial charge in [0.2, 0.25) is 0 Å². The van der Waals surface area contributed by atoms with Crippen molar-refractivity contribution < 1.29 is 4.74 Å². The van der Waals surface area contributed by atoms with Gasteiger partial charge in [-0.05, 0) is 24.4 Å². The largest absolute Gasteiger partial charge is 0.463 e. The van der Waals surface area contributed by atoms with Crippen LogP contribution in [0, 0.1) is 18.3 Å². The van der Waals surface area contributed by atoms with E-state index in [1.54, 1.807) is 17.4 Å². The summed E-state index contributed by atoms with van der Waals surface area (Å²) in [6, 6.07) is 7.96. The molecule has 0 atom stereocenters. The van der Waals surface area contributed by atoms with Gasteiger partial charge >= 0.3 is 6.01 Å². The van der Waals surface area contributed by atoms with Crippen LogP contribution in [0.3, 0.4) is 0 Å². The van der Waals surface area contributed by atoms with Crippen LogP contribution in [0.4, 0.5) is 0 Å². The van der Waals surface area contributed by atoms with Crippen molar-refractivity contribution in [2.75, 3.05) is 6.61 Å². The summed E-state index contributed by atoms with van der Waals surface area (Å²) in [5, 5.41) is 10.8. The van der Waals surface area contributed by atoms with Crippen LogP contribution in [0.15, 0.2) is 23.6 Å². The summed E-state index contributed by atoms with van der Waals surface area (Å²) < 4.78 is 5.44. The summed E-state index contributed by atoms with van der Waals surface area (Å²) in [6.45, 7) is 2.34. The van der Waals surface area contributed by atoms with E-state index in [9.17, 15) is 0 Å². The van der Waals surface area contributed by atoms with E-state index in [4.69, 9.17) is 10.00 Å². The number of hydrogen-bond acceptors (Lipinski definition) is 5. The Labute approximate surface area is 104 Å². The van der Waals surface area contributed by atoms with E-state index >= 15 is 0 Å². The lowest BCUT2D eigenvalue weighted by atomic mass is 10.3. The number of ether oxygens (including phenoxy) is 1. The van der Waals surface area contributed by atoms with Crippen LogP contribution in [-0.4, -0.2) is 16.6 Å². The fraction of sp³-hybridized carbons (Fsp3) is 0.250. The van der Waals surface area contributed by atoms with Crippen molar-refractivity contribution in [1.29, 1.82) is 5.26 Å². The number of aryl methyl sites for hydroxylation is 1. The zero-order valence-electron chi connectivity index (χ0n) is 9.38. The molecule has 0 saturated heterocycles. The zero-order valence-corrected chi connectivity index (χ0v) is 10.2.